The number of carbonyl (C=O) groups excluding carboxylic acids is 1. The van der Waals surface area contributed by atoms with Crippen molar-refractivity contribution in [1.82, 2.24) is 4.98 Å². The Labute approximate surface area is 146 Å². The highest BCUT2D eigenvalue weighted by Crippen LogP contribution is 2.40. The minimum atomic E-state index is -0.0478. The maximum atomic E-state index is 12.3. The average Bonchev–Trinajstić information content (AvgIpc) is 3.09. The van der Waals surface area contributed by atoms with Gasteiger partial charge in [-0.15, -0.1) is 11.3 Å². The van der Waals surface area contributed by atoms with E-state index < -0.39 is 0 Å². The predicted molar refractivity (Wildman–Crippen MR) is 100 cm³/mol. The molecule has 4 heteroatoms. The Morgan fingerprint density at radius 1 is 1.21 bits per heavy atom. The quantitative estimate of drug-likeness (QED) is 0.755. The normalized spacial score (nSPS) is 19.6. The Balaban J connectivity index is 1.69. The van der Waals surface area contributed by atoms with Crippen molar-refractivity contribution in [2.75, 3.05) is 5.32 Å². The number of pyridine rings is 1. The van der Waals surface area contributed by atoms with Crippen LogP contribution in [0, 0.1) is 13.8 Å². The molecule has 1 N–H and O–H groups in total. The van der Waals surface area contributed by atoms with Crippen LogP contribution in [-0.4, -0.2) is 10.9 Å². The zero-order valence-corrected chi connectivity index (χ0v) is 15.0. The minimum absolute atomic E-state index is 0.0478. The van der Waals surface area contributed by atoms with Crippen molar-refractivity contribution in [2.24, 2.45) is 0 Å². The van der Waals surface area contributed by atoms with Crippen LogP contribution in [0.2, 0.25) is 0 Å². The van der Waals surface area contributed by atoms with E-state index in [9.17, 15) is 4.79 Å². The molecule has 4 rings (SSSR count). The number of hydrogen-bond donors (Lipinski definition) is 1. The standard InChI is InChI=1S/C20H22N2OS/c1-12-10-15(24-19(12)14-6-4-3-5-7-14)11-16-18-17(22-20(16)23)9-8-13(2)21-18/h8-11,14H,3-7H2,1-2H3,(H,22,23). The average molecular weight is 338 g/mol. The predicted octanol–water partition coefficient (Wildman–Crippen LogP) is 5.30. The van der Waals surface area contributed by atoms with E-state index in [2.05, 4.69) is 23.3 Å². The molecule has 24 heavy (non-hydrogen) atoms. The number of thiophene rings is 1. The number of aryl methyl sites for hydroxylation is 2. The SMILES string of the molecule is Cc1ccc2c(n1)C(=Cc1cc(C)c(C3CCCCC3)s1)C(=O)N2. The Kier molecular flexibility index (Phi) is 4.01. The molecule has 0 aromatic carbocycles. The molecule has 1 aliphatic heterocycles. The third kappa shape index (κ3) is 2.80. The van der Waals surface area contributed by atoms with Crippen molar-refractivity contribution in [3.05, 3.63) is 44.9 Å². The summed E-state index contributed by atoms with van der Waals surface area (Å²) in [4.78, 5) is 19.6. The number of anilines is 1. The Morgan fingerprint density at radius 2 is 2.00 bits per heavy atom. The molecule has 1 amide bonds. The molecule has 0 spiro atoms. The van der Waals surface area contributed by atoms with Gasteiger partial charge in [-0.1, -0.05) is 19.3 Å². The monoisotopic (exact) mass is 338 g/mol. The zero-order valence-electron chi connectivity index (χ0n) is 14.2. The lowest BCUT2D eigenvalue weighted by Gasteiger charge is -2.21. The summed E-state index contributed by atoms with van der Waals surface area (Å²) in [6, 6.07) is 6.09. The summed E-state index contributed by atoms with van der Waals surface area (Å²) in [5.74, 6) is 0.661. The van der Waals surface area contributed by atoms with E-state index in [1.165, 1.54) is 42.5 Å². The van der Waals surface area contributed by atoms with Crippen LogP contribution in [0.3, 0.4) is 0 Å². The van der Waals surface area contributed by atoms with Gasteiger partial charge in [0.2, 0.25) is 0 Å². The van der Waals surface area contributed by atoms with Crippen LogP contribution in [-0.2, 0) is 4.79 Å². The van der Waals surface area contributed by atoms with Gasteiger partial charge in [0.1, 0.15) is 0 Å². The maximum Gasteiger partial charge on any atom is 0.258 e. The third-order valence-corrected chi connectivity index (χ3v) is 6.37. The first-order valence-electron chi connectivity index (χ1n) is 8.73. The number of carbonyl (C=O) groups is 1. The van der Waals surface area contributed by atoms with Gasteiger partial charge in [-0.3, -0.25) is 9.78 Å². The highest BCUT2D eigenvalue weighted by molar-refractivity contribution is 7.13. The fourth-order valence-electron chi connectivity index (χ4n) is 3.80. The Hall–Kier alpha value is -1.94. The van der Waals surface area contributed by atoms with Gasteiger partial charge in [0.25, 0.3) is 5.91 Å². The Bertz CT molecular complexity index is 828. The summed E-state index contributed by atoms with van der Waals surface area (Å²) in [6.45, 7) is 4.16. The lowest BCUT2D eigenvalue weighted by atomic mass is 9.87. The number of hydrogen-bond acceptors (Lipinski definition) is 3. The molecule has 0 unspecified atom stereocenters. The second kappa shape index (κ2) is 6.17. The summed E-state index contributed by atoms with van der Waals surface area (Å²) in [5, 5.41) is 2.91. The van der Waals surface area contributed by atoms with E-state index in [1.807, 2.05) is 36.5 Å². The molecule has 0 saturated heterocycles. The summed E-state index contributed by atoms with van der Waals surface area (Å²) in [6.07, 6.45) is 8.69. The number of aromatic nitrogens is 1. The van der Waals surface area contributed by atoms with Gasteiger partial charge in [-0.2, -0.15) is 0 Å². The van der Waals surface area contributed by atoms with Crippen molar-refractivity contribution in [2.45, 2.75) is 51.9 Å². The van der Waals surface area contributed by atoms with Gasteiger partial charge in [0, 0.05) is 15.4 Å². The smallest absolute Gasteiger partial charge is 0.258 e. The summed E-state index contributed by atoms with van der Waals surface area (Å²) >= 11 is 1.85. The molecule has 2 aromatic rings. The van der Waals surface area contributed by atoms with E-state index in [4.69, 9.17) is 0 Å². The molecule has 1 fully saturated rings. The lowest BCUT2D eigenvalue weighted by Crippen LogP contribution is -2.03. The van der Waals surface area contributed by atoms with Gasteiger partial charge in [0.05, 0.1) is 17.0 Å². The van der Waals surface area contributed by atoms with Crippen LogP contribution < -0.4 is 5.32 Å². The second-order valence-corrected chi connectivity index (χ2v) is 8.01. The highest BCUT2D eigenvalue weighted by atomic mass is 32.1. The van der Waals surface area contributed by atoms with Crippen molar-refractivity contribution >= 4 is 34.6 Å². The van der Waals surface area contributed by atoms with Crippen LogP contribution in [0.1, 0.15) is 64.7 Å². The number of amides is 1. The van der Waals surface area contributed by atoms with Gasteiger partial charge in [-0.05, 0) is 62.4 Å². The topological polar surface area (TPSA) is 42.0 Å². The van der Waals surface area contributed by atoms with Gasteiger partial charge in [-0.25, -0.2) is 0 Å². The van der Waals surface area contributed by atoms with Crippen molar-refractivity contribution in [3.63, 3.8) is 0 Å². The molecular weight excluding hydrogens is 316 g/mol. The number of nitrogens with one attached hydrogen (secondary N) is 1. The summed E-state index contributed by atoms with van der Waals surface area (Å²) in [7, 11) is 0. The van der Waals surface area contributed by atoms with Crippen LogP contribution in [0.4, 0.5) is 5.69 Å². The van der Waals surface area contributed by atoms with Gasteiger partial charge in [0.15, 0.2) is 0 Å². The van der Waals surface area contributed by atoms with Crippen LogP contribution in [0.15, 0.2) is 18.2 Å². The number of fused-ring (bicyclic) bond motifs is 1. The van der Waals surface area contributed by atoms with Crippen LogP contribution >= 0.6 is 11.3 Å². The van der Waals surface area contributed by atoms with E-state index >= 15 is 0 Å². The Morgan fingerprint density at radius 3 is 2.79 bits per heavy atom. The van der Waals surface area contributed by atoms with Gasteiger partial charge >= 0.3 is 0 Å². The van der Waals surface area contributed by atoms with E-state index in [1.54, 1.807) is 0 Å². The van der Waals surface area contributed by atoms with Crippen LogP contribution in [0.5, 0.6) is 0 Å². The molecule has 0 atom stereocenters. The van der Waals surface area contributed by atoms with Crippen molar-refractivity contribution in [3.8, 4) is 0 Å². The minimum Gasteiger partial charge on any atom is -0.320 e. The second-order valence-electron chi connectivity index (χ2n) is 6.89. The van der Waals surface area contributed by atoms with Crippen molar-refractivity contribution in [1.29, 1.82) is 0 Å². The molecule has 3 nitrogen and oxygen atoms in total. The molecule has 2 aliphatic rings. The molecular formula is C20H22N2OS. The molecule has 0 radical (unpaired) electrons. The summed E-state index contributed by atoms with van der Waals surface area (Å²) in [5.41, 5.74) is 4.59. The first-order valence-corrected chi connectivity index (χ1v) is 9.55. The first kappa shape index (κ1) is 15.6. The van der Waals surface area contributed by atoms with Crippen molar-refractivity contribution < 1.29 is 4.79 Å². The fourth-order valence-corrected chi connectivity index (χ4v) is 5.09. The summed E-state index contributed by atoms with van der Waals surface area (Å²) < 4.78 is 0. The van der Waals surface area contributed by atoms with Gasteiger partial charge < -0.3 is 5.32 Å². The fraction of sp³-hybridized carbons (Fsp3) is 0.400. The molecule has 3 heterocycles. The first-order chi connectivity index (χ1) is 11.6. The molecule has 2 aromatic heterocycles. The number of rotatable bonds is 2. The molecule has 1 saturated carbocycles. The molecule has 1 aliphatic carbocycles. The highest BCUT2D eigenvalue weighted by Gasteiger charge is 2.26. The number of nitrogens with zero attached hydrogens (tertiary/aromatic N) is 1. The largest absolute Gasteiger partial charge is 0.320 e. The molecule has 0 bridgehead atoms. The van der Waals surface area contributed by atoms with E-state index in [0.717, 1.165) is 22.0 Å². The zero-order chi connectivity index (χ0) is 16.7. The third-order valence-electron chi connectivity index (χ3n) is 5.02. The van der Waals surface area contributed by atoms with E-state index in [-0.39, 0.29) is 5.91 Å². The van der Waals surface area contributed by atoms with Crippen LogP contribution in [0.25, 0.3) is 11.6 Å². The van der Waals surface area contributed by atoms with E-state index in [0.29, 0.717) is 11.5 Å². The lowest BCUT2D eigenvalue weighted by molar-refractivity contribution is -0.110. The maximum absolute atomic E-state index is 12.3. The molecule has 124 valence electrons.